The van der Waals surface area contributed by atoms with Crippen LogP contribution in [0.25, 0.3) is 16.9 Å². The maximum absolute atomic E-state index is 14.4. The SMILES string of the molecule is B[C@]1(CCC)C[C@@H](Oc2ncc(-c3ccc(-n4ccnc4)cc3O)nn2)[C@H](F)C[C@H]1F. The summed E-state index contributed by atoms with van der Waals surface area (Å²) in [5.41, 5.74) is 1.54. The molecule has 4 atom stereocenters. The molecule has 10 heteroatoms. The molecular weight excluding hydrogens is 403 g/mol. The molecule has 0 spiro atoms. The van der Waals surface area contributed by atoms with Gasteiger partial charge in [-0.15, -0.1) is 5.10 Å². The van der Waals surface area contributed by atoms with Crippen LogP contribution < -0.4 is 4.74 Å². The van der Waals surface area contributed by atoms with Gasteiger partial charge in [0, 0.05) is 30.4 Å². The van der Waals surface area contributed by atoms with Gasteiger partial charge in [-0.05, 0) is 23.9 Å². The van der Waals surface area contributed by atoms with Gasteiger partial charge in [0.25, 0.3) is 0 Å². The van der Waals surface area contributed by atoms with Gasteiger partial charge in [-0.3, -0.25) is 0 Å². The zero-order valence-electron chi connectivity index (χ0n) is 17.4. The summed E-state index contributed by atoms with van der Waals surface area (Å²) in [5.74, 6) is 0.0105. The van der Waals surface area contributed by atoms with Gasteiger partial charge in [0.15, 0.2) is 0 Å². The van der Waals surface area contributed by atoms with E-state index in [1.165, 1.54) is 6.20 Å². The summed E-state index contributed by atoms with van der Waals surface area (Å²) in [4.78, 5) is 8.11. The summed E-state index contributed by atoms with van der Waals surface area (Å²) < 4.78 is 36.3. The van der Waals surface area contributed by atoms with Gasteiger partial charge < -0.3 is 14.4 Å². The molecule has 1 aliphatic carbocycles. The second-order valence-electron chi connectivity index (χ2n) is 8.28. The molecule has 0 unspecified atom stereocenters. The van der Waals surface area contributed by atoms with E-state index in [9.17, 15) is 13.9 Å². The fourth-order valence-electron chi connectivity index (χ4n) is 4.18. The lowest BCUT2D eigenvalue weighted by Gasteiger charge is -2.42. The Morgan fingerprint density at radius 2 is 2.16 bits per heavy atom. The molecule has 0 aliphatic heterocycles. The minimum Gasteiger partial charge on any atom is -0.507 e. The molecule has 7 nitrogen and oxygen atoms in total. The molecule has 0 bridgehead atoms. The van der Waals surface area contributed by atoms with Crippen molar-refractivity contribution in [2.45, 2.75) is 56.4 Å². The minimum atomic E-state index is -1.43. The van der Waals surface area contributed by atoms with E-state index in [4.69, 9.17) is 4.74 Å². The minimum absolute atomic E-state index is 0.0105. The summed E-state index contributed by atoms with van der Waals surface area (Å²) >= 11 is 0. The van der Waals surface area contributed by atoms with Gasteiger partial charge in [0.2, 0.25) is 0 Å². The van der Waals surface area contributed by atoms with E-state index in [-0.39, 0.29) is 24.6 Å². The van der Waals surface area contributed by atoms with Gasteiger partial charge in [-0.25, -0.2) is 18.7 Å². The third-order valence-corrected chi connectivity index (χ3v) is 5.94. The summed E-state index contributed by atoms with van der Waals surface area (Å²) in [5, 5.41) is 17.8. The number of alkyl halides is 2. The normalized spacial score (nSPS) is 26.0. The molecule has 162 valence electrons. The Hall–Kier alpha value is -3.04. The van der Waals surface area contributed by atoms with Crippen LogP contribution in [0.5, 0.6) is 11.8 Å². The summed E-state index contributed by atoms with van der Waals surface area (Å²) in [6.45, 7) is 1.98. The summed E-state index contributed by atoms with van der Waals surface area (Å²) in [6.07, 6.45) is 4.54. The summed E-state index contributed by atoms with van der Waals surface area (Å²) in [6, 6.07) is 5.02. The van der Waals surface area contributed by atoms with E-state index in [1.807, 2.05) is 14.8 Å². The number of aromatic nitrogens is 5. The zero-order valence-corrected chi connectivity index (χ0v) is 17.4. The monoisotopic (exact) mass is 427 g/mol. The fraction of sp³-hybridized carbons (Fsp3) is 0.429. The van der Waals surface area contributed by atoms with Gasteiger partial charge in [-0.2, -0.15) is 0 Å². The number of ether oxygens (including phenoxy) is 1. The Morgan fingerprint density at radius 3 is 2.81 bits per heavy atom. The molecule has 2 aromatic heterocycles. The Morgan fingerprint density at radius 1 is 1.32 bits per heavy atom. The number of rotatable bonds is 6. The van der Waals surface area contributed by atoms with Crippen LogP contribution >= 0.6 is 0 Å². The first-order valence-electron chi connectivity index (χ1n) is 10.4. The Kier molecular flexibility index (Phi) is 5.89. The number of imidazole rings is 1. The lowest BCUT2D eigenvalue weighted by molar-refractivity contribution is -0.00119. The highest BCUT2D eigenvalue weighted by molar-refractivity contribution is 6.15. The van der Waals surface area contributed by atoms with Crippen LogP contribution in [0.4, 0.5) is 8.78 Å². The highest BCUT2D eigenvalue weighted by Gasteiger charge is 2.46. The largest absolute Gasteiger partial charge is 0.507 e. The maximum Gasteiger partial charge on any atom is 0.336 e. The van der Waals surface area contributed by atoms with Crippen molar-refractivity contribution in [3.63, 3.8) is 0 Å². The lowest BCUT2D eigenvalue weighted by Crippen LogP contribution is -2.45. The van der Waals surface area contributed by atoms with Crippen LogP contribution in [-0.2, 0) is 0 Å². The molecule has 3 aromatic rings. The highest BCUT2D eigenvalue weighted by atomic mass is 19.1. The van der Waals surface area contributed by atoms with E-state index in [0.717, 1.165) is 12.1 Å². The van der Waals surface area contributed by atoms with E-state index < -0.39 is 23.8 Å². The predicted octanol–water partition coefficient (Wildman–Crippen LogP) is 3.24. The maximum atomic E-state index is 14.4. The third-order valence-electron chi connectivity index (χ3n) is 5.94. The van der Waals surface area contributed by atoms with Gasteiger partial charge in [0.05, 0.1) is 18.2 Å². The molecule has 1 saturated carbocycles. The molecule has 0 radical (unpaired) electrons. The van der Waals surface area contributed by atoms with Crippen molar-refractivity contribution in [3.05, 3.63) is 43.1 Å². The Balaban J connectivity index is 1.48. The van der Waals surface area contributed by atoms with Crippen LogP contribution in [0, 0.1) is 0 Å². The number of aromatic hydroxyl groups is 1. The Labute approximate surface area is 179 Å². The van der Waals surface area contributed by atoms with Crippen molar-refractivity contribution < 1.29 is 18.6 Å². The Bertz CT molecular complexity index is 1020. The van der Waals surface area contributed by atoms with Crippen molar-refractivity contribution in [2.24, 2.45) is 0 Å². The van der Waals surface area contributed by atoms with Crippen LogP contribution in [0.15, 0.2) is 43.1 Å². The van der Waals surface area contributed by atoms with Gasteiger partial charge in [0.1, 0.15) is 37.7 Å². The summed E-state index contributed by atoms with van der Waals surface area (Å²) in [7, 11) is 1.84. The molecule has 1 fully saturated rings. The smallest absolute Gasteiger partial charge is 0.336 e. The van der Waals surface area contributed by atoms with Crippen LogP contribution in [0.1, 0.15) is 32.6 Å². The van der Waals surface area contributed by atoms with E-state index in [1.54, 1.807) is 41.5 Å². The van der Waals surface area contributed by atoms with Crippen molar-refractivity contribution >= 4 is 7.85 Å². The van der Waals surface area contributed by atoms with Crippen LogP contribution in [0.3, 0.4) is 0 Å². The average molecular weight is 427 g/mol. The number of phenolic OH excluding ortho intramolecular Hbond substituents is 1. The topological polar surface area (TPSA) is 86.0 Å². The van der Waals surface area contributed by atoms with E-state index in [0.29, 0.717) is 17.7 Å². The fourth-order valence-corrected chi connectivity index (χ4v) is 4.18. The zero-order chi connectivity index (χ0) is 22.0. The number of halogens is 2. The van der Waals surface area contributed by atoms with Crippen LogP contribution in [0.2, 0.25) is 5.31 Å². The number of hydrogen-bond donors (Lipinski definition) is 1. The molecule has 0 amide bonds. The van der Waals surface area contributed by atoms with Crippen LogP contribution in [-0.4, -0.2) is 56.1 Å². The molecule has 1 aliphatic rings. The molecule has 1 aromatic carbocycles. The van der Waals surface area contributed by atoms with E-state index in [2.05, 4.69) is 20.2 Å². The van der Waals surface area contributed by atoms with Crippen molar-refractivity contribution in [1.29, 1.82) is 0 Å². The molecule has 31 heavy (non-hydrogen) atoms. The highest BCUT2D eigenvalue weighted by Crippen LogP contribution is 2.47. The van der Waals surface area contributed by atoms with Gasteiger partial charge in [-0.1, -0.05) is 24.9 Å². The number of benzene rings is 1. The molecule has 2 heterocycles. The van der Waals surface area contributed by atoms with Gasteiger partial charge >= 0.3 is 6.01 Å². The number of phenols is 1. The first-order valence-corrected chi connectivity index (χ1v) is 10.4. The van der Waals surface area contributed by atoms with Crippen molar-refractivity contribution in [1.82, 2.24) is 24.7 Å². The quantitative estimate of drug-likeness (QED) is 0.608. The van der Waals surface area contributed by atoms with Crippen molar-refractivity contribution in [3.8, 4) is 28.7 Å². The predicted molar refractivity (Wildman–Crippen MR) is 114 cm³/mol. The third kappa shape index (κ3) is 4.38. The first kappa shape index (κ1) is 21.2. The second kappa shape index (κ2) is 8.60. The first-order chi connectivity index (χ1) is 14.9. The molecule has 0 saturated heterocycles. The molecule has 4 rings (SSSR count). The number of hydrogen-bond acceptors (Lipinski definition) is 6. The second-order valence-corrected chi connectivity index (χ2v) is 8.28. The molecular formula is C21H24BF2N5O2. The standard InChI is InChI=1S/C21H24BF2N5O2/c1-2-5-21(22)10-18(15(23)9-19(21)24)31-20-26-11-16(27-28-20)14-4-3-13(8-17(14)30)29-7-6-25-12-29/h3-4,6-8,11-12,15,18-19,30H,2,5,9-10,22H2,1H3/t15-,18-,19-,21-/m1/s1. The number of nitrogens with zero attached hydrogens (tertiary/aromatic N) is 5. The average Bonchev–Trinajstić information content (AvgIpc) is 3.28. The van der Waals surface area contributed by atoms with Crippen molar-refractivity contribution in [2.75, 3.05) is 0 Å². The molecule has 1 N–H and O–H groups in total. The van der Waals surface area contributed by atoms with E-state index >= 15 is 0 Å². The lowest BCUT2D eigenvalue weighted by atomic mass is 9.56.